The molecule has 0 aromatic heterocycles. The van der Waals surface area contributed by atoms with Crippen LogP contribution in [0.4, 0.5) is 5.69 Å². The molecule has 0 radical (unpaired) electrons. The summed E-state index contributed by atoms with van der Waals surface area (Å²) in [7, 11) is 0. The maximum Gasteiger partial charge on any atom is 0.0449 e. The number of anilines is 1. The Morgan fingerprint density at radius 3 is 3.07 bits per heavy atom. The third-order valence-electron chi connectivity index (χ3n) is 2.93. The summed E-state index contributed by atoms with van der Waals surface area (Å²) in [5, 5.41) is 1.65. The van der Waals surface area contributed by atoms with Crippen LogP contribution in [0.15, 0.2) is 23.6 Å². The van der Waals surface area contributed by atoms with Crippen LogP contribution in [0.5, 0.6) is 0 Å². The number of nitrogens with zero attached hydrogens (tertiary/aromatic N) is 1. The molecule has 15 heavy (non-hydrogen) atoms. The first-order valence-corrected chi connectivity index (χ1v) is 5.76. The summed E-state index contributed by atoms with van der Waals surface area (Å²) in [5.41, 5.74) is 10.4. The van der Waals surface area contributed by atoms with Crippen LogP contribution >= 0.6 is 12.6 Å². The lowest BCUT2D eigenvalue weighted by atomic mass is 10.1. The Morgan fingerprint density at radius 1 is 1.60 bits per heavy atom. The highest BCUT2D eigenvalue weighted by atomic mass is 32.1. The Morgan fingerprint density at radius 2 is 2.40 bits per heavy atom. The molecule has 3 heteroatoms. The molecule has 0 aliphatic carbocycles. The van der Waals surface area contributed by atoms with Crippen LogP contribution < -0.4 is 10.6 Å². The second-order valence-corrected chi connectivity index (χ2v) is 4.02. The molecule has 1 aliphatic rings. The van der Waals surface area contributed by atoms with Gasteiger partial charge in [0.15, 0.2) is 0 Å². The highest BCUT2D eigenvalue weighted by Crippen LogP contribution is 2.29. The van der Waals surface area contributed by atoms with E-state index < -0.39 is 0 Å². The fourth-order valence-electron chi connectivity index (χ4n) is 2.05. The minimum atomic E-state index is 0.732. The van der Waals surface area contributed by atoms with Gasteiger partial charge >= 0.3 is 0 Å². The number of hydrogen-bond acceptors (Lipinski definition) is 3. The van der Waals surface area contributed by atoms with Crippen LogP contribution in [0.1, 0.15) is 18.1 Å². The van der Waals surface area contributed by atoms with Crippen molar-refractivity contribution in [1.29, 1.82) is 0 Å². The van der Waals surface area contributed by atoms with Crippen molar-refractivity contribution >= 4 is 24.0 Å². The van der Waals surface area contributed by atoms with Crippen LogP contribution in [-0.2, 0) is 6.42 Å². The molecule has 0 amide bonds. The van der Waals surface area contributed by atoms with Crippen LogP contribution in [0.2, 0.25) is 0 Å². The number of benzene rings is 1. The number of nitrogens with two attached hydrogens (primary N) is 1. The number of thiol groups is 1. The average molecular weight is 220 g/mol. The molecule has 1 heterocycles. The molecule has 1 aliphatic heterocycles. The summed E-state index contributed by atoms with van der Waals surface area (Å²) >= 11 is 4.07. The summed E-state index contributed by atoms with van der Waals surface area (Å²) < 4.78 is 0. The van der Waals surface area contributed by atoms with Gasteiger partial charge in [0.1, 0.15) is 0 Å². The van der Waals surface area contributed by atoms with Gasteiger partial charge in [0, 0.05) is 24.5 Å². The molecule has 80 valence electrons. The molecular weight excluding hydrogens is 204 g/mol. The molecular formula is C12H16N2S. The number of hydrogen-bond donors (Lipinski definition) is 2. The molecule has 0 fully saturated rings. The quantitative estimate of drug-likeness (QED) is 0.749. The summed E-state index contributed by atoms with van der Waals surface area (Å²) in [5.74, 6) is 0. The first-order chi connectivity index (χ1) is 7.26. The van der Waals surface area contributed by atoms with E-state index in [0.717, 1.165) is 30.8 Å². The molecule has 0 atom stereocenters. The molecule has 0 saturated carbocycles. The van der Waals surface area contributed by atoms with Crippen LogP contribution in [0, 0.1) is 0 Å². The predicted octanol–water partition coefficient (Wildman–Crippen LogP) is 2.26. The van der Waals surface area contributed by atoms with E-state index in [1.807, 2.05) is 0 Å². The molecule has 0 spiro atoms. The minimum Gasteiger partial charge on any atom is -0.398 e. The lowest BCUT2D eigenvalue weighted by molar-refractivity contribution is 0.868. The molecule has 2 N–H and O–H groups in total. The van der Waals surface area contributed by atoms with E-state index in [0.29, 0.717) is 0 Å². The van der Waals surface area contributed by atoms with E-state index in [2.05, 4.69) is 42.7 Å². The van der Waals surface area contributed by atoms with Crippen LogP contribution in [0.25, 0.3) is 5.70 Å². The molecule has 1 aromatic rings. The Bertz CT molecular complexity index is 399. The van der Waals surface area contributed by atoms with Crippen molar-refractivity contribution in [3.05, 3.63) is 34.7 Å². The van der Waals surface area contributed by atoms with Gasteiger partial charge in [0.2, 0.25) is 0 Å². The van der Waals surface area contributed by atoms with Crippen molar-refractivity contribution in [3.63, 3.8) is 0 Å². The van der Waals surface area contributed by atoms with E-state index in [-0.39, 0.29) is 0 Å². The zero-order valence-corrected chi connectivity index (χ0v) is 9.80. The van der Waals surface area contributed by atoms with Gasteiger partial charge in [0.05, 0.1) is 0 Å². The van der Waals surface area contributed by atoms with Gasteiger partial charge in [-0.1, -0.05) is 6.07 Å². The van der Waals surface area contributed by atoms with Crippen molar-refractivity contribution in [2.75, 3.05) is 18.0 Å². The van der Waals surface area contributed by atoms with E-state index >= 15 is 0 Å². The Balaban J connectivity index is 2.37. The molecule has 2 rings (SSSR count). The summed E-state index contributed by atoms with van der Waals surface area (Å²) in [6.45, 7) is 4.38. The van der Waals surface area contributed by atoms with Crippen LogP contribution in [0.3, 0.4) is 0 Å². The standard InChI is InChI=1S/C12H16N2S/c1-2-14-6-5-10-7-9(11(13)8-15)3-4-12(10)14/h3-4,7-8,15H,2,5-6,13H2,1H3/b11-8-. The van der Waals surface area contributed by atoms with Gasteiger partial charge < -0.3 is 10.6 Å². The van der Waals surface area contributed by atoms with E-state index in [1.165, 1.54) is 11.3 Å². The predicted molar refractivity (Wildman–Crippen MR) is 69.2 cm³/mol. The van der Waals surface area contributed by atoms with E-state index in [4.69, 9.17) is 5.73 Å². The number of likely N-dealkylation sites (N-methyl/N-ethyl adjacent to an activating group) is 1. The van der Waals surface area contributed by atoms with Gasteiger partial charge in [-0.25, -0.2) is 0 Å². The molecule has 0 saturated heterocycles. The summed E-state index contributed by atoms with van der Waals surface area (Å²) in [6.07, 6.45) is 1.12. The summed E-state index contributed by atoms with van der Waals surface area (Å²) in [6, 6.07) is 6.40. The Hall–Kier alpha value is -1.09. The summed E-state index contributed by atoms with van der Waals surface area (Å²) in [4.78, 5) is 2.39. The fraction of sp³-hybridized carbons (Fsp3) is 0.333. The highest BCUT2D eigenvalue weighted by molar-refractivity contribution is 7.83. The van der Waals surface area contributed by atoms with Crippen molar-refractivity contribution in [2.45, 2.75) is 13.3 Å². The van der Waals surface area contributed by atoms with Crippen molar-refractivity contribution in [1.82, 2.24) is 0 Å². The normalized spacial score (nSPS) is 15.6. The smallest absolute Gasteiger partial charge is 0.0449 e. The Kier molecular flexibility index (Phi) is 2.91. The number of rotatable bonds is 2. The molecule has 0 bridgehead atoms. The first kappa shape index (κ1) is 10.4. The number of fused-ring (bicyclic) bond motifs is 1. The zero-order chi connectivity index (χ0) is 10.8. The Labute approximate surface area is 96.2 Å². The van der Waals surface area contributed by atoms with E-state index in [1.54, 1.807) is 5.41 Å². The molecule has 1 aromatic carbocycles. The second-order valence-electron chi connectivity index (χ2n) is 3.76. The minimum absolute atomic E-state index is 0.732. The zero-order valence-electron chi connectivity index (χ0n) is 8.90. The van der Waals surface area contributed by atoms with Gasteiger partial charge in [-0.15, -0.1) is 12.6 Å². The first-order valence-electron chi connectivity index (χ1n) is 5.24. The monoisotopic (exact) mass is 220 g/mol. The SMILES string of the molecule is CCN1CCc2cc(/C(N)=C/S)ccc21. The van der Waals surface area contributed by atoms with Crippen LogP contribution in [-0.4, -0.2) is 13.1 Å². The van der Waals surface area contributed by atoms with Crippen molar-refractivity contribution in [3.8, 4) is 0 Å². The topological polar surface area (TPSA) is 29.3 Å². The van der Waals surface area contributed by atoms with Crippen molar-refractivity contribution < 1.29 is 0 Å². The fourth-order valence-corrected chi connectivity index (χ4v) is 2.20. The molecule has 2 nitrogen and oxygen atoms in total. The maximum atomic E-state index is 5.83. The lowest BCUT2D eigenvalue weighted by Gasteiger charge is -2.16. The third kappa shape index (κ3) is 1.84. The van der Waals surface area contributed by atoms with Gasteiger partial charge in [0.25, 0.3) is 0 Å². The lowest BCUT2D eigenvalue weighted by Crippen LogP contribution is -2.19. The largest absolute Gasteiger partial charge is 0.398 e. The average Bonchev–Trinajstić information content (AvgIpc) is 2.69. The van der Waals surface area contributed by atoms with E-state index in [9.17, 15) is 0 Å². The molecule has 0 unspecified atom stereocenters. The van der Waals surface area contributed by atoms with Crippen molar-refractivity contribution in [2.24, 2.45) is 5.73 Å². The maximum absolute atomic E-state index is 5.83. The van der Waals surface area contributed by atoms with Gasteiger partial charge in [-0.05, 0) is 42.0 Å². The second kappa shape index (κ2) is 4.19. The van der Waals surface area contributed by atoms with Gasteiger partial charge in [-0.2, -0.15) is 0 Å². The highest BCUT2D eigenvalue weighted by Gasteiger charge is 2.17. The third-order valence-corrected chi connectivity index (χ3v) is 3.20. The van der Waals surface area contributed by atoms with Gasteiger partial charge in [-0.3, -0.25) is 0 Å².